The summed E-state index contributed by atoms with van der Waals surface area (Å²) < 4.78 is 27.0. The average Bonchev–Trinajstić information content (AvgIpc) is 3.65. The molecule has 59 heavy (non-hydrogen) atoms. The Morgan fingerprint density at radius 2 is 1.63 bits per heavy atom. The molecule has 14 nitrogen and oxygen atoms in total. The lowest BCUT2D eigenvalue weighted by Crippen LogP contribution is -2.48. The van der Waals surface area contributed by atoms with E-state index in [0.29, 0.717) is 42.9 Å². The van der Waals surface area contributed by atoms with Crippen LogP contribution in [0.25, 0.3) is 27.7 Å². The van der Waals surface area contributed by atoms with Crippen LogP contribution in [0.15, 0.2) is 107 Å². The Morgan fingerprint density at radius 3 is 2.37 bits per heavy atom. The zero-order valence-corrected chi connectivity index (χ0v) is 33.7. The highest BCUT2D eigenvalue weighted by Crippen LogP contribution is 2.26. The topological polar surface area (TPSA) is 168 Å². The molecule has 8 rings (SSSR count). The van der Waals surface area contributed by atoms with Crippen molar-refractivity contribution in [3.63, 3.8) is 0 Å². The van der Waals surface area contributed by atoms with Crippen LogP contribution in [0.3, 0.4) is 0 Å². The number of nitrogens with zero attached hydrogens (tertiary/aromatic N) is 6. The number of nitrogens with one attached hydrogen (secondary N) is 2. The zero-order chi connectivity index (χ0) is 41.1. The Labute approximate surface area is 341 Å². The van der Waals surface area contributed by atoms with Crippen LogP contribution in [0.5, 0.6) is 0 Å². The van der Waals surface area contributed by atoms with Gasteiger partial charge in [-0.15, -0.1) is 5.10 Å². The van der Waals surface area contributed by atoms with Crippen molar-refractivity contribution in [2.24, 2.45) is 0 Å². The van der Waals surface area contributed by atoms with Crippen molar-refractivity contribution in [2.75, 3.05) is 42.7 Å². The molecule has 2 saturated heterocycles. The zero-order valence-electron chi connectivity index (χ0n) is 32.8. The van der Waals surface area contributed by atoms with Gasteiger partial charge in [-0.2, -0.15) is 4.98 Å². The van der Waals surface area contributed by atoms with Crippen molar-refractivity contribution < 1.29 is 22.8 Å². The van der Waals surface area contributed by atoms with Crippen LogP contribution < -0.4 is 21.1 Å². The quantitative estimate of drug-likeness (QED) is 0.109. The maximum Gasteiger partial charge on any atom is 0.259 e. The number of unbranched alkanes of at least 4 members (excludes halogenated alkanes) is 3. The first kappa shape index (κ1) is 39.5. The maximum atomic E-state index is 13.1. The van der Waals surface area contributed by atoms with E-state index in [9.17, 15) is 27.6 Å². The number of fused-ring (bicyclic) bond motifs is 2. The molecule has 0 saturated carbocycles. The third-order valence-corrected chi connectivity index (χ3v) is 12.3. The number of aromatic nitrogens is 4. The van der Waals surface area contributed by atoms with Crippen molar-refractivity contribution in [1.82, 2.24) is 29.4 Å². The number of piperazine rings is 1. The number of hydrogen-bond acceptors (Lipinski definition) is 10. The Morgan fingerprint density at radius 1 is 0.864 bits per heavy atom. The van der Waals surface area contributed by atoms with E-state index < -0.39 is 21.8 Å². The van der Waals surface area contributed by atoms with Gasteiger partial charge < -0.3 is 19.7 Å². The molecule has 3 amide bonds. The van der Waals surface area contributed by atoms with Crippen molar-refractivity contribution in [1.29, 1.82) is 0 Å². The maximum absolute atomic E-state index is 13.1. The monoisotopic (exact) mass is 814 g/mol. The number of amides is 3. The molecule has 0 aliphatic carbocycles. The van der Waals surface area contributed by atoms with E-state index in [-0.39, 0.29) is 28.7 Å². The van der Waals surface area contributed by atoms with Gasteiger partial charge in [0.1, 0.15) is 6.04 Å². The van der Waals surface area contributed by atoms with Crippen LogP contribution in [0.2, 0.25) is 0 Å². The van der Waals surface area contributed by atoms with Gasteiger partial charge in [-0.3, -0.25) is 24.5 Å². The molecule has 0 radical (unpaired) electrons. The number of anilines is 3. The van der Waals surface area contributed by atoms with Crippen molar-refractivity contribution in [3.05, 3.63) is 113 Å². The van der Waals surface area contributed by atoms with Gasteiger partial charge in [0.2, 0.25) is 23.7 Å². The molecule has 2 fully saturated rings. The Balaban J connectivity index is 0.760. The number of hydrogen-bond donors (Lipinski definition) is 2. The lowest BCUT2D eigenvalue weighted by Gasteiger charge is -2.36. The number of pyridine rings is 2. The number of carbonyl (C=O) groups is 3. The van der Waals surface area contributed by atoms with Crippen LogP contribution in [0.4, 0.5) is 17.3 Å². The molecule has 1 atom stereocenters. The third-order valence-electron chi connectivity index (χ3n) is 11.2. The minimum atomic E-state index is -3.29. The Hall–Kier alpha value is -6.35. The van der Waals surface area contributed by atoms with Gasteiger partial charge >= 0.3 is 0 Å². The molecular weight excluding hydrogens is 769 g/mol. The predicted octanol–water partition coefficient (Wildman–Crippen LogP) is 5.68. The third kappa shape index (κ3) is 8.89. The fourth-order valence-corrected chi connectivity index (χ4v) is 8.56. The van der Waals surface area contributed by atoms with E-state index in [4.69, 9.17) is 0 Å². The first-order chi connectivity index (χ1) is 28.5. The molecule has 6 aromatic rings. The Bertz CT molecular complexity index is 2700. The van der Waals surface area contributed by atoms with Crippen molar-refractivity contribution >= 4 is 61.3 Å². The summed E-state index contributed by atoms with van der Waals surface area (Å²) in [6.07, 6.45) is 8.63. The number of benzene rings is 3. The highest BCUT2D eigenvalue weighted by atomic mass is 32.2. The molecule has 0 spiro atoms. The molecule has 2 N–H and O–H groups in total. The SMILES string of the molecule is CS(=O)(=O)c1ccc(-c2cccc3nc(Nc4ccc(N5CCN(C(=O)CCCCCCc6ccc7c(=O)n(C8CCC(=O)NC8=O)ccc7c6)CC5)cc4)nn23)cc1. The van der Waals surface area contributed by atoms with E-state index in [2.05, 4.69) is 37.7 Å². The van der Waals surface area contributed by atoms with E-state index in [1.807, 2.05) is 59.5 Å². The van der Waals surface area contributed by atoms with Crippen LogP contribution in [-0.4, -0.2) is 82.6 Å². The van der Waals surface area contributed by atoms with Crippen LogP contribution in [0.1, 0.15) is 56.6 Å². The van der Waals surface area contributed by atoms with Gasteiger partial charge in [-0.25, -0.2) is 12.9 Å². The molecule has 3 aromatic carbocycles. The van der Waals surface area contributed by atoms with Gasteiger partial charge in [0.05, 0.1) is 10.6 Å². The molecule has 1 unspecified atom stereocenters. The second-order valence-corrected chi connectivity index (χ2v) is 17.3. The summed E-state index contributed by atoms with van der Waals surface area (Å²) in [5, 5.41) is 11.7. The van der Waals surface area contributed by atoms with Crippen molar-refractivity contribution in [3.8, 4) is 11.3 Å². The molecule has 0 bridgehead atoms. The summed E-state index contributed by atoms with van der Waals surface area (Å²) in [7, 11) is -3.29. The first-order valence-electron chi connectivity index (χ1n) is 20.0. The Kier molecular flexibility index (Phi) is 11.3. The molecule has 3 aromatic heterocycles. The van der Waals surface area contributed by atoms with Gasteiger partial charge in [0, 0.05) is 73.8 Å². The minimum Gasteiger partial charge on any atom is -0.368 e. The highest BCUT2D eigenvalue weighted by molar-refractivity contribution is 7.90. The average molecular weight is 815 g/mol. The molecule has 2 aliphatic heterocycles. The lowest BCUT2D eigenvalue weighted by molar-refractivity contribution is -0.136. The van der Waals surface area contributed by atoms with Gasteiger partial charge in [-0.1, -0.05) is 43.2 Å². The minimum absolute atomic E-state index is 0.204. The summed E-state index contributed by atoms with van der Waals surface area (Å²) in [4.78, 5) is 59.2. The number of imide groups is 1. The first-order valence-corrected chi connectivity index (χ1v) is 21.9. The standard InChI is InChI=1S/C44H46N8O6S/c1-59(57,58)35-18-12-31(13-19-35)37-8-6-9-39-46-44(48-52(37)39)45-33-14-16-34(17-15-33)49-25-27-50(28-26-49)41(54)10-5-3-2-4-7-30-11-20-36-32(29-30)23-24-51(43(36)56)38-21-22-40(53)47-42(38)55/h6,8-9,11-20,23-24,29,38H,2-5,7,10,21-22,25-28H2,1H3,(H,45,48)(H,47,53,55). The van der Waals surface area contributed by atoms with E-state index in [1.165, 1.54) is 10.8 Å². The molecular formula is C44H46N8O6S. The fraction of sp³-hybridized carbons (Fsp3) is 0.318. The smallest absolute Gasteiger partial charge is 0.259 e. The van der Waals surface area contributed by atoms with Gasteiger partial charge in [0.15, 0.2) is 15.5 Å². The van der Waals surface area contributed by atoms with Crippen LogP contribution >= 0.6 is 0 Å². The number of piperidine rings is 1. The molecule has 304 valence electrons. The van der Waals surface area contributed by atoms with E-state index in [1.54, 1.807) is 35.0 Å². The molecule has 2 aliphatic rings. The van der Waals surface area contributed by atoms with Crippen LogP contribution in [-0.2, 0) is 30.6 Å². The van der Waals surface area contributed by atoms with Gasteiger partial charge in [-0.05, 0) is 97.3 Å². The second kappa shape index (κ2) is 16.9. The summed E-state index contributed by atoms with van der Waals surface area (Å²) in [5.41, 5.74) is 5.11. The van der Waals surface area contributed by atoms with E-state index >= 15 is 0 Å². The lowest BCUT2D eigenvalue weighted by atomic mass is 10.0. The fourth-order valence-electron chi connectivity index (χ4n) is 7.93. The number of aryl methyl sites for hydroxylation is 1. The van der Waals surface area contributed by atoms with Crippen molar-refractivity contribution in [2.45, 2.75) is 62.3 Å². The normalized spacial score (nSPS) is 16.1. The number of sulfone groups is 1. The van der Waals surface area contributed by atoms with E-state index in [0.717, 1.165) is 78.8 Å². The highest BCUT2D eigenvalue weighted by Gasteiger charge is 2.29. The summed E-state index contributed by atoms with van der Waals surface area (Å²) in [6, 6.07) is 27.5. The predicted molar refractivity (Wildman–Crippen MR) is 226 cm³/mol. The summed E-state index contributed by atoms with van der Waals surface area (Å²) >= 11 is 0. The second-order valence-electron chi connectivity index (χ2n) is 15.3. The number of carbonyl (C=O) groups excluding carboxylic acids is 3. The molecule has 5 heterocycles. The number of rotatable bonds is 13. The largest absolute Gasteiger partial charge is 0.368 e. The van der Waals surface area contributed by atoms with Crippen LogP contribution in [0, 0.1) is 0 Å². The van der Waals surface area contributed by atoms with Gasteiger partial charge in [0.25, 0.3) is 5.56 Å². The summed E-state index contributed by atoms with van der Waals surface area (Å²) in [5.74, 6) is -0.0961. The summed E-state index contributed by atoms with van der Waals surface area (Å²) in [6.45, 7) is 2.89. The molecule has 15 heteroatoms.